The van der Waals surface area contributed by atoms with Crippen molar-refractivity contribution in [2.24, 2.45) is 5.73 Å². The maximum Gasteiger partial charge on any atom is 0.115 e. The fourth-order valence-electron chi connectivity index (χ4n) is 1.40. The van der Waals surface area contributed by atoms with Gasteiger partial charge in [-0.25, -0.2) is 9.97 Å². The minimum absolute atomic E-state index is 0.0876. The maximum absolute atomic E-state index is 6.02. The number of nitrogens with two attached hydrogens (primary N) is 1. The third-order valence-corrected chi connectivity index (χ3v) is 2.19. The molecule has 1 unspecified atom stereocenters. The summed E-state index contributed by atoms with van der Waals surface area (Å²) in [6.45, 7) is 0. The first kappa shape index (κ1) is 9.73. The summed E-state index contributed by atoms with van der Waals surface area (Å²) in [5.41, 5.74) is 8.04. The summed E-state index contributed by atoms with van der Waals surface area (Å²) < 4.78 is 0. The van der Waals surface area contributed by atoms with Crippen molar-refractivity contribution in [3.8, 4) is 0 Å². The van der Waals surface area contributed by atoms with Gasteiger partial charge in [-0.3, -0.25) is 4.98 Å². The number of hydrogen-bond donors (Lipinski definition) is 1. The fraction of sp³-hybridized carbons (Fsp3) is 0.182. The molecule has 0 fully saturated rings. The van der Waals surface area contributed by atoms with Crippen molar-refractivity contribution < 1.29 is 0 Å². The van der Waals surface area contributed by atoms with Crippen LogP contribution in [0.2, 0.25) is 0 Å². The zero-order valence-corrected chi connectivity index (χ0v) is 8.24. The summed E-state index contributed by atoms with van der Waals surface area (Å²) in [4.78, 5) is 11.9. The number of hydrogen-bond acceptors (Lipinski definition) is 4. The highest BCUT2D eigenvalue weighted by atomic mass is 14.8. The molecule has 76 valence electrons. The highest BCUT2D eigenvalue weighted by molar-refractivity contribution is 5.15. The lowest BCUT2D eigenvalue weighted by Gasteiger charge is -2.09. The molecule has 0 spiro atoms. The first-order valence-corrected chi connectivity index (χ1v) is 4.76. The van der Waals surface area contributed by atoms with Gasteiger partial charge in [-0.2, -0.15) is 0 Å². The first-order valence-electron chi connectivity index (χ1n) is 4.76. The maximum atomic E-state index is 6.02. The van der Waals surface area contributed by atoms with E-state index < -0.39 is 0 Å². The molecule has 1 atom stereocenters. The van der Waals surface area contributed by atoms with Crippen molar-refractivity contribution in [2.75, 3.05) is 0 Å². The Balaban J connectivity index is 2.08. The first-order chi connectivity index (χ1) is 7.36. The van der Waals surface area contributed by atoms with Crippen LogP contribution in [-0.4, -0.2) is 15.0 Å². The summed E-state index contributed by atoms with van der Waals surface area (Å²) in [5.74, 6) is 0. The molecule has 0 amide bonds. The van der Waals surface area contributed by atoms with Gasteiger partial charge < -0.3 is 5.73 Å². The standard InChI is InChI=1S/C11H12N4/c12-10(11-3-6-14-8-15-11)7-9-1-4-13-5-2-9/h1-6,8,10H,7,12H2. The Morgan fingerprint density at radius 3 is 2.47 bits per heavy atom. The third-order valence-electron chi connectivity index (χ3n) is 2.19. The lowest BCUT2D eigenvalue weighted by atomic mass is 10.1. The summed E-state index contributed by atoms with van der Waals surface area (Å²) in [7, 11) is 0. The van der Waals surface area contributed by atoms with E-state index in [2.05, 4.69) is 15.0 Å². The lowest BCUT2D eigenvalue weighted by molar-refractivity contribution is 0.692. The van der Waals surface area contributed by atoms with E-state index in [4.69, 9.17) is 5.73 Å². The molecule has 0 bridgehead atoms. The zero-order chi connectivity index (χ0) is 10.5. The molecule has 0 aliphatic rings. The summed E-state index contributed by atoms with van der Waals surface area (Å²) >= 11 is 0. The van der Waals surface area contributed by atoms with E-state index >= 15 is 0 Å². The largest absolute Gasteiger partial charge is 0.322 e. The van der Waals surface area contributed by atoms with Gasteiger partial charge in [0.15, 0.2) is 0 Å². The monoisotopic (exact) mass is 200 g/mol. The van der Waals surface area contributed by atoms with Gasteiger partial charge in [0.2, 0.25) is 0 Å². The molecule has 2 N–H and O–H groups in total. The zero-order valence-electron chi connectivity index (χ0n) is 8.24. The van der Waals surface area contributed by atoms with Crippen LogP contribution < -0.4 is 5.73 Å². The SMILES string of the molecule is NC(Cc1ccncc1)c1ccncn1. The van der Waals surface area contributed by atoms with Crippen LogP contribution in [0.5, 0.6) is 0 Å². The molecule has 15 heavy (non-hydrogen) atoms. The van der Waals surface area contributed by atoms with E-state index in [0.29, 0.717) is 0 Å². The summed E-state index contributed by atoms with van der Waals surface area (Å²) in [6, 6.07) is 5.67. The predicted molar refractivity (Wildman–Crippen MR) is 56.9 cm³/mol. The van der Waals surface area contributed by atoms with Crippen LogP contribution >= 0.6 is 0 Å². The van der Waals surface area contributed by atoms with Gasteiger partial charge in [-0.1, -0.05) is 0 Å². The molecule has 2 aromatic heterocycles. The van der Waals surface area contributed by atoms with Crippen LogP contribution in [0.1, 0.15) is 17.3 Å². The molecule has 2 heterocycles. The Labute approximate surface area is 88.2 Å². The molecule has 2 aromatic rings. The van der Waals surface area contributed by atoms with Gasteiger partial charge in [-0.15, -0.1) is 0 Å². The Hall–Kier alpha value is -1.81. The van der Waals surface area contributed by atoms with Crippen molar-refractivity contribution in [1.82, 2.24) is 15.0 Å². The minimum atomic E-state index is -0.0876. The Morgan fingerprint density at radius 1 is 1.07 bits per heavy atom. The molecule has 0 saturated heterocycles. The van der Waals surface area contributed by atoms with Gasteiger partial charge in [0.05, 0.1) is 11.7 Å². The van der Waals surface area contributed by atoms with E-state index in [0.717, 1.165) is 17.7 Å². The topological polar surface area (TPSA) is 64.7 Å². The Kier molecular flexibility index (Phi) is 2.99. The molecule has 0 aliphatic carbocycles. The van der Waals surface area contributed by atoms with Crippen molar-refractivity contribution in [3.63, 3.8) is 0 Å². The molecule has 2 rings (SSSR count). The Morgan fingerprint density at radius 2 is 1.80 bits per heavy atom. The number of aromatic nitrogens is 3. The van der Waals surface area contributed by atoms with Crippen molar-refractivity contribution in [3.05, 3.63) is 54.4 Å². The van der Waals surface area contributed by atoms with Crippen LogP contribution in [-0.2, 0) is 6.42 Å². The van der Waals surface area contributed by atoms with E-state index in [1.807, 2.05) is 18.2 Å². The van der Waals surface area contributed by atoms with Crippen LogP contribution in [0.4, 0.5) is 0 Å². The number of nitrogens with zero attached hydrogens (tertiary/aromatic N) is 3. The smallest absolute Gasteiger partial charge is 0.115 e. The Bertz CT molecular complexity index is 401. The average Bonchev–Trinajstić information content (AvgIpc) is 2.31. The molecule has 4 nitrogen and oxygen atoms in total. The minimum Gasteiger partial charge on any atom is -0.322 e. The second-order valence-electron chi connectivity index (χ2n) is 3.30. The highest BCUT2D eigenvalue weighted by Gasteiger charge is 2.07. The summed E-state index contributed by atoms with van der Waals surface area (Å²) in [5, 5.41) is 0. The van der Waals surface area contributed by atoms with Gasteiger partial charge >= 0.3 is 0 Å². The van der Waals surface area contributed by atoms with Crippen LogP contribution in [0, 0.1) is 0 Å². The lowest BCUT2D eigenvalue weighted by Crippen LogP contribution is -2.14. The van der Waals surface area contributed by atoms with Gasteiger partial charge in [-0.05, 0) is 30.2 Å². The molecule has 0 aliphatic heterocycles. The molecule has 4 heteroatoms. The van der Waals surface area contributed by atoms with Gasteiger partial charge in [0.1, 0.15) is 6.33 Å². The number of pyridine rings is 1. The molecular formula is C11H12N4. The van der Waals surface area contributed by atoms with Gasteiger partial charge in [0.25, 0.3) is 0 Å². The number of rotatable bonds is 3. The summed E-state index contributed by atoms with van der Waals surface area (Å²) in [6.07, 6.45) is 7.51. The van der Waals surface area contributed by atoms with Crippen LogP contribution in [0.15, 0.2) is 43.1 Å². The van der Waals surface area contributed by atoms with Crippen LogP contribution in [0.25, 0.3) is 0 Å². The van der Waals surface area contributed by atoms with Gasteiger partial charge in [0, 0.05) is 18.6 Å². The second-order valence-corrected chi connectivity index (χ2v) is 3.30. The van der Waals surface area contributed by atoms with Crippen LogP contribution in [0.3, 0.4) is 0 Å². The molecule has 0 saturated carbocycles. The van der Waals surface area contributed by atoms with E-state index in [-0.39, 0.29) is 6.04 Å². The van der Waals surface area contributed by atoms with Crippen molar-refractivity contribution >= 4 is 0 Å². The third kappa shape index (κ3) is 2.57. The second kappa shape index (κ2) is 4.61. The van der Waals surface area contributed by atoms with E-state index in [1.54, 1.807) is 18.6 Å². The average molecular weight is 200 g/mol. The van der Waals surface area contributed by atoms with E-state index in [9.17, 15) is 0 Å². The van der Waals surface area contributed by atoms with Crippen molar-refractivity contribution in [2.45, 2.75) is 12.5 Å². The van der Waals surface area contributed by atoms with Crippen molar-refractivity contribution in [1.29, 1.82) is 0 Å². The highest BCUT2D eigenvalue weighted by Crippen LogP contribution is 2.11. The molecule has 0 radical (unpaired) electrons. The quantitative estimate of drug-likeness (QED) is 0.806. The molecule has 0 aromatic carbocycles. The molecular weight excluding hydrogens is 188 g/mol. The fourth-order valence-corrected chi connectivity index (χ4v) is 1.40. The predicted octanol–water partition coefficient (Wildman–Crippen LogP) is 1.11. The normalized spacial score (nSPS) is 12.3. The van der Waals surface area contributed by atoms with E-state index in [1.165, 1.54) is 6.33 Å².